The van der Waals surface area contributed by atoms with Crippen LogP contribution >= 0.6 is 0 Å². The van der Waals surface area contributed by atoms with E-state index >= 15 is 0 Å². The number of amides is 3. The van der Waals surface area contributed by atoms with Crippen LogP contribution in [0.25, 0.3) is 0 Å². The van der Waals surface area contributed by atoms with E-state index in [0.717, 1.165) is 7.11 Å². The molecule has 0 spiro atoms. The van der Waals surface area contributed by atoms with E-state index in [4.69, 9.17) is 10.8 Å². The van der Waals surface area contributed by atoms with E-state index < -0.39 is 42.4 Å². The number of hydrogen-bond acceptors (Lipinski definition) is 7. The molecule has 0 aliphatic carbocycles. The third-order valence-electron chi connectivity index (χ3n) is 4.12. The summed E-state index contributed by atoms with van der Waals surface area (Å²) in [6.07, 6.45) is 0.531. The molecule has 30 heavy (non-hydrogen) atoms. The molecule has 0 aromatic heterocycles. The lowest BCUT2D eigenvalue weighted by Gasteiger charge is -2.26. The van der Waals surface area contributed by atoms with Crippen LogP contribution in [0.4, 0.5) is 0 Å². The molecule has 0 saturated carbocycles. The van der Waals surface area contributed by atoms with Crippen LogP contribution in [0.5, 0.6) is 0 Å². The number of nitrogens with zero attached hydrogens (tertiary/aromatic N) is 1. The molecule has 0 saturated heterocycles. The molecule has 3 amide bonds. The van der Waals surface area contributed by atoms with Crippen molar-refractivity contribution in [1.29, 1.82) is 0 Å². The molecule has 11 heteroatoms. The van der Waals surface area contributed by atoms with Gasteiger partial charge in [-0.15, -0.1) is 0 Å². The lowest BCUT2D eigenvalue weighted by Crippen LogP contribution is -2.53. The number of nitrogens with two attached hydrogens (primary N) is 1. The Morgan fingerprint density at radius 2 is 1.80 bits per heavy atom. The summed E-state index contributed by atoms with van der Waals surface area (Å²) in [5.74, 6) is -3.34. The Labute approximate surface area is 176 Å². The van der Waals surface area contributed by atoms with E-state index in [1.807, 2.05) is 20.8 Å². The van der Waals surface area contributed by atoms with Gasteiger partial charge in [0, 0.05) is 13.0 Å². The molecule has 0 bridgehead atoms. The van der Waals surface area contributed by atoms with Gasteiger partial charge in [0.25, 0.3) is 0 Å². The Bertz CT molecular complexity index is 610. The van der Waals surface area contributed by atoms with Crippen molar-refractivity contribution in [3.8, 4) is 0 Å². The van der Waals surface area contributed by atoms with Gasteiger partial charge >= 0.3 is 11.9 Å². The summed E-state index contributed by atoms with van der Waals surface area (Å²) in [6.45, 7) is 5.30. The number of esters is 1. The van der Waals surface area contributed by atoms with E-state index in [9.17, 15) is 24.0 Å². The molecular formula is C19H34N4O7. The van der Waals surface area contributed by atoms with E-state index in [-0.39, 0.29) is 31.2 Å². The van der Waals surface area contributed by atoms with Gasteiger partial charge in [-0.25, -0.2) is 0 Å². The van der Waals surface area contributed by atoms with Crippen molar-refractivity contribution in [2.24, 2.45) is 11.7 Å². The second-order valence-electron chi connectivity index (χ2n) is 7.34. The summed E-state index contributed by atoms with van der Waals surface area (Å²) >= 11 is 0. The maximum absolute atomic E-state index is 12.6. The lowest BCUT2D eigenvalue weighted by atomic mass is 10.0. The standard InChI is InChI=1S/C19H34N4O7/c1-5-8-23(19(29)13(20)9-12(2)3)11-15(24)22-14(6-7-16(25)26)18(28)21-10-17(27)30-4/h12-14H,5-11,20H2,1-4H3,(H,21,28)(H,22,24)(H,25,26). The monoisotopic (exact) mass is 430 g/mol. The first-order valence-corrected chi connectivity index (χ1v) is 9.91. The zero-order chi connectivity index (χ0) is 23.3. The summed E-state index contributed by atoms with van der Waals surface area (Å²) < 4.78 is 4.42. The van der Waals surface area contributed by atoms with E-state index in [1.165, 1.54) is 4.90 Å². The number of rotatable bonds is 14. The first-order valence-electron chi connectivity index (χ1n) is 9.91. The van der Waals surface area contributed by atoms with Crippen molar-refractivity contribution >= 4 is 29.7 Å². The molecule has 0 heterocycles. The zero-order valence-electron chi connectivity index (χ0n) is 18.1. The van der Waals surface area contributed by atoms with Crippen LogP contribution in [0.2, 0.25) is 0 Å². The highest BCUT2D eigenvalue weighted by Gasteiger charge is 2.26. The minimum Gasteiger partial charge on any atom is -0.481 e. The van der Waals surface area contributed by atoms with Gasteiger partial charge in [-0.05, 0) is 25.2 Å². The summed E-state index contributed by atoms with van der Waals surface area (Å²) in [4.78, 5) is 60.6. The van der Waals surface area contributed by atoms with Gasteiger partial charge in [-0.2, -0.15) is 0 Å². The molecular weight excluding hydrogens is 396 g/mol. The number of nitrogens with one attached hydrogen (secondary N) is 2. The molecule has 0 fully saturated rings. The molecule has 5 N–H and O–H groups in total. The fourth-order valence-electron chi connectivity index (χ4n) is 2.68. The Morgan fingerprint density at radius 3 is 2.30 bits per heavy atom. The normalized spacial score (nSPS) is 12.6. The lowest BCUT2D eigenvalue weighted by molar-refractivity contribution is -0.142. The molecule has 0 aliphatic heterocycles. The van der Waals surface area contributed by atoms with Crippen molar-refractivity contribution in [3.05, 3.63) is 0 Å². The van der Waals surface area contributed by atoms with Crippen LogP contribution < -0.4 is 16.4 Å². The van der Waals surface area contributed by atoms with Gasteiger partial charge < -0.3 is 31.1 Å². The third-order valence-corrected chi connectivity index (χ3v) is 4.12. The average Bonchev–Trinajstić information content (AvgIpc) is 2.67. The Hall–Kier alpha value is -2.69. The fourth-order valence-corrected chi connectivity index (χ4v) is 2.68. The number of carbonyl (C=O) groups excluding carboxylic acids is 4. The number of hydrogen-bond donors (Lipinski definition) is 4. The van der Waals surface area contributed by atoms with E-state index in [1.54, 1.807) is 0 Å². The molecule has 11 nitrogen and oxygen atoms in total. The summed E-state index contributed by atoms with van der Waals surface area (Å²) in [5, 5.41) is 13.6. The summed E-state index contributed by atoms with van der Waals surface area (Å²) in [7, 11) is 1.15. The molecule has 0 radical (unpaired) electrons. The number of aliphatic carboxylic acids is 1. The fraction of sp³-hybridized carbons (Fsp3) is 0.737. The van der Waals surface area contributed by atoms with Crippen molar-refractivity contribution in [1.82, 2.24) is 15.5 Å². The second kappa shape index (κ2) is 14.3. The van der Waals surface area contributed by atoms with Crippen molar-refractivity contribution < 1.29 is 33.8 Å². The quantitative estimate of drug-likeness (QED) is 0.261. The highest BCUT2D eigenvalue weighted by molar-refractivity contribution is 5.92. The molecule has 0 rings (SSSR count). The highest BCUT2D eigenvalue weighted by atomic mass is 16.5. The van der Waals surface area contributed by atoms with Crippen molar-refractivity contribution in [2.75, 3.05) is 26.7 Å². The highest BCUT2D eigenvalue weighted by Crippen LogP contribution is 2.07. The van der Waals surface area contributed by atoms with Crippen LogP contribution in [0, 0.1) is 5.92 Å². The molecule has 0 aromatic carbocycles. The molecule has 2 atom stereocenters. The molecule has 172 valence electrons. The van der Waals surface area contributed by atoms with Gasteiger partial charge in [0.2, 0.25) is 17.7 Å². The molecule has 0 aliphatic rings. The van der Waals surface area contributed by atoms with Crippen molar-refractivity contribution in [3.63, 3.8) is 0 Å². The Kier molecular flexibility index (Phi) is 13.0. The van der Waals surface area contributed by atoms with Crippen LogP contribution in [0.1, 0.15) is 46.5 Å². The Morgan fingerprint density at radius 1 is 1.17 bits per heavy atom. The van der Waals surface area contributed by atoms with E-state index in [0.29, 0.717) is 19.4 Å². The molecule has 0 aromatic rings. The van der Waals surface area contributed by atoms with Crippen LogP contribution in [-0.2, 0) is 28.7 Å². The number of methoxy groups -OCH3 is 1. The number of carboxylic acid groups (broad SMARTS) is 1. The predicted octanol–water partition coefficient (Wildman–Crippen LogP) is -0.763. The maximum atomic E-state index is 12.6. The van der Waals surface area contributed by atoms with E-state index in [2.05, 4.69) is 15.4 Å². The second-order valence-corrected chi connectivity index (χ2v) is 7.34. The maximum Gasteiger partial charge on any atom is 0.325 e. The van der Waals surface area contributed by atoms with Gasteiger partial charge in [0.1, 0.15) is 12.6 Å². The Balaban J connectivity index is 5.10. The van der Waals surface area contributed by atoms with Gasteiger partial charge in [0.05, 0.1) is 19.7 Å². The largest absolute Gasteiger partial charge is 0.481 e. The number of carboxylic acids is 1. The van der Waals surface area contributed by atoms with Crippen LogP contribution in [0.3, 0.4) is 0 Å². The van der Waals surface area contributed by atoms with Gasteiger partial charge in [-0.1, -0.05) is 20.8 Å². The summed E-state index contributed by atoms with van der Waals surface area (Å²) in [5.41, 5.74) is 5.94. The smallest absolute Gasteiger partial charge is 0.325 e. The minimum absolute atomic E-state index is 0.178. The first kappa shape index (κ1) is 27.3. The number of carbonyl (C=O) groups is 5. The minimum atomic E-state index is -1.18. The predicted molar refractivity (Wildman–Crippen MR) is 108 cm³/mol. The van der Waals surface area contributed by atoms with Crippen LogP contribution in [-0.4, -0.2) is 78.5 Å². The van der Waals surface area contributed by atoms with Gasteiger partial charge in [0.15, 0.2) is 0 Å². The molecule has 2 unspecified atom stereocenters. The van der Waals surface area contributed by atoms with Crippen molar-refractivity contribution in [2.45, 2.75) is 58.5 Å². The SMILES string of the molecule is CCCN(CC(=O)NC(CCC(=O)O)C(=O)NCC(=O)OC)C(=O)C(N)CC(C)C. The first-order chi connectivity index (χ1) is 14.0. The van der Waals surface area contributed by atoms with Crippen LogP contribution in [0.15, 0.2) is 0 Å². The average molecular weight is 431 g/mol. The number of ether oxygens (including phenoxy) is 1. The third kappa shape index (κ3) is 11.3. The zero-order valence-corrected chi connectivity index (χ0v) is 18.1. The topological polar surface area (TPSA) is 168 Å². The summed E-state index contributed by atoms with van der Waals surface area (Å²) in [6, 6.07) is -1.92. The van der Waals surface area contributed by atoms with Gasteiger partial charge in [-0.3, -0.25) is 24.0 Å².